The average Bonchev–Trinajstić information content (AvgIpc) is 3.37. The van der Waals surface area contributed by atoms with Crippen molar-refractivity contribution in [3.05, 3.63) is 65.1 Å². The molecule has 0 radical (unpaired) electrons. The van der Waals surface area contributed by atoms with Crippen molar-refractivity contribution in [1.29, 1.82) is 0 Å². The number of hydrogen-bond donors (Lipinski definition) is 0. The van der Waals surface area contributed by atoms with Crippen molar-refractivity contribution in [2.45, 2.75) is 37.2 Å². The fraction of sp³-hybridized carbons (Fsp3) is 0.333. The van der Waals surface area contributed by atoms with Gasteiger partial charge in [0.2, 0.25) is 0 Å². The van der Waals surface area contributed by atoms with E-state index in [0.717, 1.165) is 35.5 Å². The minimum atomic E-state index is -0.254. The van der Waals surface area contributed by atoms with Gasteiger partial charge in [-0.3, -0.25) is 14.5 Å². The molecule has 1 atom stereocenters. The van der Waals surface area contributed by atoms with Crippen molar-refractivity contribution in [3.8, 4) is 5.75 Å². The lowest BCUT2D eigenvalue weighted by atomic mass is 10.1. The van der Waals surface area contributed by atoms with E-state index in [-0.39, 0.29) is 17.9 Å². The van der Waals surface area contributed by atoms with Crippen LogP contribution in [0.3, 0.4) is 0 Å². The zero-order chi connectivity index (χ0) is 20.9. The van der Waals surface area contributed by atoms with Gasteiger partial charge < -0.3 is 9.47 Å². The van der Waals surface area contributed by atoms with E-state index in [1.54, 1.807) is 0 Å². The van der Waals surface area contributed by atoms with E-state index in [1.807, 2.05) is 54.6 Å². The Balaban J connectivity index is 1.65. The number of ether oxygens (including phenoxy) is 2. The molecule has 2 amide bonds. The van der Waals surface area contributed by atoms with Crippen molar-refractivity contribution in [1.82, 2.24) is 4.90 Å². The number of thioether (sulfide) groups is 1. The van der Waals surface area contributed by atoms with Gasteiger partial charge >= 0.3 is 0 Å². The van der Waals surface area contributed by atoms with Crippen LogP contribution in [0, 0.1) is 0 Å². The van der Waals surface area contributed by atoms with Crippen LogP contribution in [0.25, 0.3) is 5.57 Å². The summed E-state index contributed by atoms with van der Waals surface area (Å²) < 4.78 is 11.3. The van der Waals surface area contributed by atoms with Crippen molar-refractivity contribution in [2.24, 2.45) is 0 Å². The van der Waals surface area contributed by atoms with Crippen molar-refractivity contribution in [3.63, 3.8) is 0 Å². The third-order valence-electron chi connectivity index (χ3n) is 5.11. The van der Waals surface area contributed by atoms with Gasteiger partial charge in [-0.2, -0.15) is 0 Å². The number of carbonyl (C=O) groups excluding carboxylic acids is 2. The Morgan fingerprint density at radius 2 is 1.83 bits per heavy atom. The lowest BCUT2D eigenvalue weighted by Crippen LogP contribution is -2.37. The predicted octanol–water partition coefficient (Wildman–Crippen LogP) is 4.53. The fourth-order valence-corrected chi connectivity index (χ4v) is 4.64. The summed E-state index contributed by atoms with van der Waals surface area (Å²) in [5, 5.41) is 0. The van der Waals surface area contributed by atoms with Crippen LogP contribution in [0.15, 0.2) is 64.4 Å². The quantitative estimate of drug-likeness (QED) is 0.584. The van der Waals surface area contributed by atoms with E-state index < -0.39 is 0 Å². The summed E-state index contributed by atoms with van der Waals surface area (Å²) in [6, 6.07) is 17.1. The second kappa shape index (κ2) is 9.49. The third-order valence-corrected chi connectivity index (χ3v) is 6.21. The van der Waals surface area contributed by atoms with Gasteiger partial charge in [-0.1, -0.05) is 49.0 Å². The van der Waals surface area contributed by atoms with Crippen molar-refractivity contribution < 1.29 is 19.1 Å². The molecule has 2 heterocycles. The van der Waals surface area contributed by atoms with E-state index in [2.05, 4.69) is 6.92 Å². The van der Waals surface area contributed by atoms with Crippen LogP contribution < -0.4 is 4.74 Å². The molecule has 1 saturated heterocycles. The van der Waals surface area contributed by atoms with Gasteiger partial charge in [0, 0.05) is 11.5 Å². The Kier molecular flexibility index (Phi) is 6.55. The number of imide groups is 1. The van der Waals surface area contributed by atoms with Gasteiger partial charge in [0.15, 0.2) is 0 Å². The minimum Gasteiger partial charge on any atom is -0.494 e. The second-order valence-electron chi connectivity index (χ2n) is 7.35. The van der Waals surface area contributed by atoms with Gasteiger partial charge in [-0.15, -0.1) is 0 Å². The Labute approximate surface area is 181 Å². The zero-order valence-electron chi connectivity index (χ0n) is 17.0. The van der Waals surface area contributed by atoms with E-state index in [0.29, 0.717) is 30.2 Å². The smallest absolute Gasteiger partial charge is 0.268 e. The average molecular weight is 424 g/mol. The van der Waals surface area contributed by atoms with Crippen LogP contribution in [0.2, 0.25) is 0 Å². The Hall–Kier alpha value is -2.57. The van der Waals surface area contributed by atoms with Gasteiger partial charge in [0.1, 0.15) is 5.75 Å². The molecule has 156 valence electrons. The maximum absolute atomic E-state index is 13.3. The number of carbonyl (C=O) groups is 2. The molecule has 0 aromatic heterocycles. The largest absolute Gasteiger partial charge is 0.494 e. The molecule has 1 fully saturated rings. The molecule has 2 aromatic carbocycles. The maximum Gasteiger partial charge on any atom is 0.268 e. The molecule has 2 aliphatic heterocycles. The molecule has 6 heteroatoms. The molecule has 2 aromatic rings. The molecule has 1 unspecified atom stereocenters. The molecule has 0 bridgehead atoms. The number of nitrogens with zero attached hydrogens (tertiary/aromatic N) is 1. The number of benzene rings is 2. The number of amides is 2. The molecule has 2 aliphatic rings. The highest BCUT2D eigenvalue weighted by Gasteiger charge is 2.40. The highest BCUT2D eigenvalue weighted by Crippen LogP contribution is 2.40. The third kappa shape index (κ3) is 4.45. The van der Waals surface area contributed by atoms with Gasteiger partial charge in [-0.25, -0.2) is 0 Å². The molecule has 5 nitrogen and oxygen atoms in total. The summed E-state index contributed by atoms with van der Waals surface area (Å²) in [4.78, 5) is 29.3. The van der Waals surface area contributed by atoms with Crippen LogP contribution in [0.5, 0.6) is 5.75 Å². The lowest BCUT2D eigenvalue weighted by Gasteiger charge is -2.19. The molecule has 0 saturated carbocycles. The van der Waals surface area contributed by atoms with Crippen LogP contribution >= 0.6 is 11.8 Å². The SMILES string of the molecule is CCCOc1ccc(C2=C(Sc3ccccc3)C(=O)N(CC3CCCO3)C2=O)cc1. The number of rotatable bonds is 8. The molecular weight excluding hydrogens is 398 g/mol. The van der Waals surface area contributed by atoms with Crippen molar-refractivity contribution in [2.75, 3.05) is 19.8 Å². The molecule has 4 rings (SSSR count). The molecule has 0 aliphatic carbocycles. The van der Waals surface area contributed by atoms with Crippen molar-refractivity contribution >= 4 is 29.1 Å². The zero-order valence-corrected chi connectivity index (χ0v) is 17.8. The lowest BCUT2D eigenvalue weighted by molar-refractivity contribution is -0.138. The first-order chi connectivity index (χ1) is 14.7. The fourth-order valence-electron chi connectivity index (χ4n) is 3.60. The molecule has 30 heavy (non-hydrogen) atoms. The summed E-state index contributed by atoms with van der Waals surface area (Å²) >= 11 is 1.34. The first-order valence-corrected chi connectivity index (χ1v) is 11.2. The first kappa shape index (κ1) is 20.7. The standard InChI is InChI=1S/C24H25NO4S/c1-2-14-28-18-12-10-17(11-13-18)21-22(30-20-8-4-3-5-9-20)24(27)25(23(21)26)16-19-7-6-15-29-19/h3-5,8-13,19H,2,6-7,14-16H2,1H3. The first-order valence-electron chi connectivity index (χ1n) is 10.4. The number of hydrogen-bond acceptors (Lipinski definition) is 5. The van der Waals surface area contributed by atoms with Gasteiger partial charge in [0.05, 0.1) is 29.7 Å². The molecule has 0 N–H and O–H groups in total. The minimum absolute atomic E-state index is 0.0787. The Morgan fingerprint density at radius 3 is 2.50 bits per heavy atom. The Bertz CT molecular complexity index is 933. The van der Waals surface area contributed by atoms with E-state index in [4.69, 9.17) is 9.47 Å². The summed E-state index contributed by atoms with van der Waals surface area (Å²) in [5.41, 5.74) is 1.18. The molecule has 0 spiro atoms. The van der Waals surface area contributed by atoms with Crippen LogP contribution in [0.1, 0.15) is 31.7 Å². The highest BCUT2D eigenvalue weighted by atomic mass is 32.2. The molecular formula is C24H25NO4S. The predicted molar refractivity (Wildman–Crippen MR) is 117 cm³/mol. The maximum atomic E-state index is 13.3. The summed E-state index contributed by atoms with van der Waals surface area (Å²) in [7, 11) is 0. The second-order valence-corrected chi connectivity index (χ2v) is 8.43. The van der Waals surface area contributed by atoms with Crippen LogP contribution in [0.4, 0.5) is 0 Å². The van der Waals surface area contributed by atoms with E-state index in [9.17, 15) is 9.59 Å². The van der Waals surface area contributed by atoms with Crippen LogP contribution in [-0.2, 0) is 14.3 Å². The normalized spacial score (nSPS) is 19.1. The van der Waals surface area contributed by atoms with Gasteiger partial charge in [-0.05, 0) is 49.1 Å². The van der Waals surface area contributed by atoms with Crippen LogP contribution in [-0.4, -0.2) is 42.6 Å². The summed E-state index contributed by atoms with van der Waals surface area (Å²) in [5.74, 6) is 0.258. The van der Waals surface area contributed by atoms with E-state index >= 15 is 0 Å². The summed E-state index contributed by atoms with van der Waals surface area (Å²) in [6.07, 6.45) is 2.68. The van der Waals surface area contributed by atoms with Gasteiger partial charge in [0.25, 0.3) is 11.8 Å². The topological polar surface area (TPSA) is 55.8 Å². The summed E-state index contributed by atoms with van der Waals surface area (Å²) in [6.45, 7) is 3.69. The Morgan fingerprint density at radius 1 is 1.07 bits per heavy atom. The highest BCUT2D eigenvalue weighted by molar-refractivity contribution is 8.04. The van der Waals surface area contributed by atoms with E-state index in [1.165, 1.54) is 16.7 Å². The monoisotopic (exact) mass is 423 g/mol.